The SMILES string of the molecule is CCCC(C)C1COC(C)CO1. The van der Waals surface area contributed by atoms with Gasteiger partial charge in [0.1, 0.15) is 0 Å². The second-order valence-electron chi connectivity index (χ2n) is 3.78. The summed E-state index contributed by atoms with van der Waals surface area (Å²) in [5.41, 5.74) is 0. The summed E-state index contributed by atoms with van der Waals surface area (Å²) in [7, 11) is 0. The van der Waals surface area contributed by atoms with Crippen LogP contribution in [0.4, 0.5) is 0 Å². The predicted molar refractivity (Wildman–Crippen MR) is 49.2 cm³/mol. The van der Waals surface area contributed by atoms with E-state index >= 15 is 0 Å². The van der Waals surface area contributed by atoms with E-state index in [0.29, 0.717) is 12.0 Å². The first-order valence-electron chi connectivity index (χ1n) is 4.97. The van der Waals surface area contributed by atoms with Crippen LogP contribution in [0.25, 0.3) is 0 Å². The van der Waals surface area contributed by atoms with Crippen molar-refractivity contribution in [2.45, 2.75) is 45.8 Å². The molecule has 1 fully saturated rings. The fourth-order valence-corrected chi connectivity index (χ4v) is 1.58. The standard InChI is InChI=1S/C10H20O2/c1-4-5-8(2)10-7-11-9(3)6-12-10/h8-10H,4-7H2,1-3H3. The molecule has 0 N–H and O–H groups in total. The minimum absolute atomic E-state index is 0.287. The summed E-state index contributed by atoms with van der Waals surface area (Å²) >= 11 is 0. The monoisotopic (exact) mass is 172 g/mol. The highest BCUT2D eigenvalue weighted by molar-refractivity contribution is 4.70. The van der Waals surface area contributed by atoms with Crippen molar-refractivity contribution in [1.82, 2.24) is 0 Å². The molecule has 1 saturated heterocycles. The summed E-state index contributed by atoms with van der Waals surface area (Å²) in [6.45, 7) is 8.05. The van der Waals surface area contributed by atoms with Crippen molar-refractivity contribution in [3.8, 4) is 0 Å². The second kappa shape index (κ2) is 4.83. The van der Waals surface area contributed by atoms with Gasteiger partial charge in [-0.15, -0.1) is 0 Å². The average molecular weight is 172 g/mol. The Balaban J connectivity index is 2.24. The molecule has 2 heteroatoms. The molecule has 3 atom stereocenters. The van der Waals surface area contributed by atoms with Gasteiger partial charge >= 0.3 is 0 Å². The van der Waals surface area contributed by atoms with Gasteiger partial charge in [0.05, 0.1) is 25.4 Å². The van der Waals surface area contributed by atoms with Crippen LogP contribution in [0.3, 0.4) is 0 Å². The van der Waals surface area contributed by atoms with E-state index in [9.17, 15) is 0 Å². The zero-order chi connectivity index (χ0) is 8.97. The summed E-state index contributed by atoms with van der Waals surface area (Å²) < 4.78 is 11.2. The lowest BCUT2D eigenvalue weighted by Crippen LogP contribution is -2.37. The molecule has 0 radical (unpaired) electrons. The average Bonchev–Trinajstić information content (AvgIpc) is 2.06. The number of hydrogen-bond donors (Lipinski definition) is 0. The largest absolute Gasteiger partial charge is 0.373 e. The molecule has 0 saturated carbocycles. The Bertz CT molecular complexity index is 117. The van der Waals surface area contributed by atoms with Gasteiger partial charge in [0.2, 0.25) is 0 Å². The van der Waals surface area contributed by atoms with Crippen LogP contribution in [0, 0.1) is 5.92 Å². The van der Waals surface area contributed by atoms with Crippen molar-refractivity contribution >= 4 is 0 Å². The summed E-state index contributed by atoms with van der Waals surface area (Å²) in [6, 6.07) is 0. The smallest absolute Gasteiger partial charge is 0.0835 e. The van der Waals surface area contributed by atoms with E-state index in [4.69, 9.17) is 9.47 Å². The molecule has 0 spiro atoms. The molecule has 3 unspecified atom stereocenters. The Morgan fingerprint density at radius 1 is 1.33 bits per heavy atom. The molecule has 0 aromatic rings. The quantitative estimate of drug-likeness (QED) is 0.650. The van der Waals surface area contributed by atoms with E-state index in [-0.39, 0.29) is 6.10 Å². The van der Waals surface area contributed by atoms with Gasteiger partial charge in [0.15, 0.2) is 0 Å². The van der Waals surface area contributed by atoms with E-state index < -0.39 is 0 Å². The summed E-state index contributed by atoms with van der Waals surface area (Å²) in [6.07, 6.45) is 3.09. The Morgan fingerprint density at radius 2 is 2.08 bits per heavy atom. The third-order valence-electron chi connectivity index (χ3n) is 2.47. The normalized spacial score (nSPS) is 33.2. The molecule has 1 rings (SSSR count). The van der Waals surface area contributed by atoms with Crippen LogP contribution in [-0.4, -0.2) is 25.4 Å². The van der Waals surface area contributed by atoms with Crippen LogP contribution in [0.5, 0.6) is 0 Å². The third-order valence-corrected chi connectivity index (χ3v) is 2.47. The predicted octanol–water partition coefficient (Wildman–Crippen LogP) is 2.23. The number of ether oxygens (including phenoxy) is 2. The maximum absolute atomic E-state index is 5.68. The number of rotatable bonds is 3. The van der Waals surface area contributed by atoms with Gasteiger partial charge < -0.3 is 9.47 Å². The molecule has 1 aliphatic rings. The van der Waals surface area contributed by atoms with Gasteiger partial charge in [0, 0.05) is 0 Å². The van der Waals surface area contributed by atoms with E-state index in [1.165, 1.54) is 12.8 Å². The Morgan fingerprint density at radius 3 is 2.58 bits per heavy atom. The molecule has 1 aliphatic heterocycles. The van der Waals surface area contributed by atoms with Crippen molar-refractivity contribution in [2.24, 2.45) is 5.92 Å². The van der Waals surface area contributed by atoms with Crippen LogP contribution in [-0.2, 0) is 9.47 Å². The first-order valence-corrected chi connectivity index (χ1v) is 4.97. The highest BCUT2D eigenvalue weighted by atomic mass is 16.6. The molecule has 12 heavy (non-hydrogen) atoms. The lowest BCUT2D eigenvalue weighted by atomic mass is 9.99. The Kier molecular flexibility index (Phi) is 4.02. The maximum atomic E-state index is 5.68. The Labute approximate surface area is 75.2 Å². The molecular weight excluding hydrogens is 152 g/mol. The van der Waals surface area contributed by atoms with Crippen molar-refractivity contribution in [3.05, 3.63) is 0 Å². The van der Waals surface area contributed by atoms with E-state index in [1.54, 1.807) is 0 Å². The molecular formula is C10H20O2. The summed E-state index contributed by atoms with van der Waals surface area (Å²) in [5, 5.41) is 0. The molecule has 2 nitrogen and oxygen atoms in total. The van der Waals surface area contributed by atoms with Crippen molar-refractivity contribution in [1.29, 1.82) is 0 Å². The molecule has 0 aromatic carbocycles. The summed E-state index contributed by atoms with van der Waals surface area (Å²) in [5.74, 6) is 0.641. The highest BCUT2D eigenvalue weighted by Crippen LogP contribution is 2.18. The zero-order valence-corrected chi connectivity index (χ0v) is 8.38. The first kappa shape index (κ1) is 10.0. The van der Waals surface area contributed by atoms with Crippen LogP contribution >= 0.6 is 0 Å². The maximum Gasteiger partial charge on any atom is 0.0835 e. The van der Waals surface area contributed by atoms with Crippen LogP contribution in [0.2, 0.25) is 0 Å². The minimum atomic E-state index is 0.287. The molecule has 1 heterocycles. The summed E-state index contributed by atoms with van der Waals surface area (Å²) in [4.78, 5) is 0. The van der Waals surface area contributed by atoms with Crippen molar-refractivity contribution < 1.29 is 9.47 Å². The molecule has 0 aliphatic carbocycles. The van der Waals surface area contributed by atoms with Crippen LogP contribution in [0.15, 0.2) is 0 Å². The van der Waals surface area contributed by atoms with Crippen LogP contribution in [0.1, 0.15) is 33.6 Å². The first-order chi connectivity index (χ1) is 5.74. The Hall–Kier alpha value is -0.0800. The van der Waals surface area contributed by atoms with Gasteiger partial charge in [0.25, 0.3) is 0 Å². The lowest BCUT2D eigenvalue weighted by Gasteiger charge is -2.31. The molecule has 0 bridgehead atoms. The van der Waals surface area contributed by atoms with Crippen molar-refractivity contribution in [3.63, 3.8) is 0 Å². The topological polar surface area (TPSA) is 18.5 Å². The fourth-order valence-electron chi connectivity index (χ4n) is 1.58. The van der Waals surface area contributed by atoms with E-state index in [1.807, 2.05) is 0 Å². The second-order valence-corrected chi connectivity index (χ2v) is 3.78. The molecule has 0 amide bonds. The molecule has 0 aromatic heterocycles. The minimum Gasteiger partial charge on any atom is -0.373 e. The van der Waals surface area contributed by atoms with E-state index in [2.05, 4.69) is 20.8 Å². The van der Waals surface area contributed by atoms with Gasteiger partial charge in [-0.25, -0.2) is 0 Å². The third kappa shape index (κ3) is 2.76. The van der Waals surface area contributed by atoms with Gasteiger partial charge in [-0.2, -0.15) is 0 Å². The van der Waals surface area contributed by atoms with Crippen LogP contribution < -0.4 is 0 Å². The van der Waals surface area contributed by atoms with Crippen molar-refractivity contribution in [2.75, 3.05) is 13.2 Å². The van der Waals surface area contributed by atoms with E-state index in [0.717, 1.165) is 13.2 Å². The van der Waals surface area contributed by atoms with Gasteiger partial charge in [-0.3, -0.25) is 0 Å². The van der Waals surface area contributed by atoms with Gasteiger partial charge in [-0.1, -0.05) is 20.3 Å². The lowest BCUT2D eigenvalue weighted by molar-refractivity contribution is -0.143. The number of hydrogen-bond acceptors (Lipinski definition) is 2. The zero-order valence-electron chi connectivity index (χ0n) is 8.38. The molecule has 72 valence electrons. The highest BCUT2D eigenvalue weighted by Gasteiger charge is 2.23. The fraction of sp³-hybridized carbons (Fsp3) is 1.00. The van der Waals surface area contributed by atoms with Gasteiger partial charge in [-0.05, 0) is 19.3 Å².